The maximum atomic E-state index is 11.9. The minimum absolute atomic E-state index is 0.0231. The van der Waals surface area contributed by atoms with Gasteiger partial charge in [0.05, 0.1) is 5.56 Å². The molecule has 5 nitrogen and oxygen atoms in total. The Hall–Kier alpha value is -2.09. The van der Waals surface area contributed by atoms with Crippen molar-refractivity contribution in [2.45, 2.75) is 26.8 Å². The smallest absolute Gasteiger partial charge is 0.270 e. The molecule has 0 fully saturated rings. The molecule has 1 aromatic rings. The van der Waals surface area contributed by atoms with Gasteiger partial charge < -0.3 is 5.73 Å². The van der Waals surface area contributed by atoms with Crippen molar-refractivity contribution >= 4 is 12.1 Å². The molecule has 1 rings (SSSR count). The molecule has 0 atom stereocenters. The maximum Gasteiger partial charge on any atom is 0.270 e. The van der Waals surface area contributed by atoms with E-state index in [1.807, 2.05) is 6.07 Å². The molecule has 0 aliphatic rings. The summed E-state index contributed by atoms with van der Waals surface area (Å²) >= 11 is 0. The number of aromatic nitrogens is 1. The highest BCUT2D eigenvalue weighted by molar-refractivity contribution is 5.85. The third-order valence-electron chi connectivity index (χ3n) is 2.49. The van der Waals surface area contributed by atoms with E-state index in [1.54, 1.807) is 20.8 Å². The number of nitriles is 1. The minimum Gasteiger partial charge on any atom is -0.384 e. The number of carbonyl (C=O) groups excluding carboxylic acids is 1. The molecule has 0 saturated carbocycles. The maximum absolute atomic E-state index is 11.9. The van der Waals surface area contributed by atoms with Gasteiger partial charge in [-0.3, -0.25) is 14.2 Å². The van der Waals surface area contributed by atoms with Gasteiger partial charge in [0.25, 0.3) is 5.56 Å². The van der Waals surface area contributed by atoms with Crippen molar-refractivity contribution in [3.63, 3.8) is 0 Å². The molecular formula is C11H13N3O2. The molecule has 16 heavy (non-hydrogen) atoms. The molecule has 0 aliphatic carbocycles. The summed E-state index contributed by atoms with van der Waals surface area (Å²) in [4.78, 5) is 22.8. The number of hydrogen-bond donors (Lipinski definition) is 1. The number of hydrogen-bond acceptors (Lipinski definition) is 4. The molecule has 0 aliphatic heterocycles. The Balaban J connectivity index is 3.87. The van der Waals surface area contributed by atoms with Gasteiger partial charge in [0.15, 0.2) is 6.29 Å². The van der Waals surface area contributed by atoms with Gasteiger partial charge in [0.2, 0.25) is 0 Å². The molecule has 1 heterocycles. The molecule has 0 saturated heterocycles. The number of nitrogens with zero attached hydrogens (tertiary/aromatic N) is 2. The van der Waals surface area contributed by atoms with E-state index >= 15 is 0 Å². The second-order valence-electron chi connectivity index (χ2n) is 3.80. The number of nitrogen functional groups attached to an aromatic ring is 1. The number of nitrogens with two attached hydrogens (primary N) is 1. The van der Waals surface area contributed by atoms with E-state index < -0.39 is 5.56 Å². The monoisotopic (exact) mass is 219 g/mol. The zero-order valence-corrected chi connectivity index (χ0v) is 9.44. The van der Waals surface area contributed by atoms with E-state index in [-0.39, 0.29) is 23.0 Å². The van der Waals surface area contributed by atoms with Gasteiger partial charge in [-0.2, -0.15) is 5.26 Å². The highest BCUT2D eigenvalue weighted by Crippen LogP contribution is 2.18. The summed E-state index contributed by atoms with van der Waals surface area (Å²) in [6, 6.07) is 1.62. The molecule has 0 spiro atoms. The second-order valence-corrected chi connectivity index (χ2v) is 3.80. The Morgan fingerprint density at radius 1 is 1.50 bits per heavy atom. The van der Waals surface area contributed by atoms with Gasteiger partial charge in [0.1, 0.15) is 17.5 Å². The van der Waals surface area contributed by atoms with Crippen LogP contribution in [0.15, 0.2) is 4.79 Å². The van der Waals surface area contributed by atoms with E-state index in [0.29, 0.717) is 11.8 Å². The first-order chi connectivity index (χ1) is 7.45. The summed E-state index contributed by atoms with van der Waals surface area (Å²) in [7, 11) is 0. The average Bonchev–Trinajstić information content (AvgIpc) is 2.18. The van der Waals surface area contributed by atoms with Crippen LogP contribution in [0.2, 0.25) is 0 Å². The molecule has 84 valence electrons. The van der Waals surface area contributed by atoms with Crippen LogP contribution in [0.1, 0.15) is 41.4 Å². The van der Waals surface area contributed by atoms with Crippen molar-refractivity contribution in [2.24, 2.45) is 0 Å². The van der Waals surface area contributed by atoms with Crippen LogP contribution in [-0.4, -0.2) is 10.9 Å². The zero-order chi connectivity index (χ0) is 12.5. The van der Waals surface area contributed by atoms with Crippen molar-refractivity contribution in [2.75, 3.05) is 5.73 Å². The Kier molecular flexibility index (Phi) is 3.14. The number of pyridine rings is 1. The molecule has 0 bridgehead atoms. The summed E-state index contributed by atoms with van der Waals surface area (Å²) in [5.74, 6) is 0.117. The van der Waals surface area contributed by atoms with Gasteiger partial charge in [-0.1, -0.05) is 0 Å². The minimum atomic E-state index is -0.446. The number of anilines is 1. The Labute approximate surface area is 93.1 Å². The van der Waals surface area contributed by atoms with E-state index in [9.17, 15) is 9.59 Å². The number of aldehydes is 1. The lowest BCUT2D eigenvalue weighted by Crippen LogP contribution is -2.29. The van der Waals surface area contributed by atoms with Crippen LogP contribution >= 0.6 is 0 Å². The van der Waals surface area contributed by atoms with Crippen LogP contribution < -0.4 is 11.3 Å². The quantitative estimate of drug-likeness (QED) is 0.751. The first-order valence-electron chi connectivity index (χ1n) is 4.85. The van der Waals surface area contributed by atoms with Crippen LogP contribution in [0.5, 0.6) is 0 Å². The molecule has 0 unspecified atom stereocenters. The standard InChI is InChI=1S/C11H13N3O2/c1-6(2)14-10(13)9(5-15)7(3)8(4-12)11(14)16/h5-6H,13H2,1-3H3. The highest BCUT2D eigenvalue weighted by atomic mass is 16.1. The first-order valence-corrected chi connectivity index (χ1v) is 4.85. The summed E-state index contributed by atoms with van der Waals surface area (Å²) in [5, 5.41) is 8.90. The molecular weight excluding hydrogens is 206 g/mol. The van der Waals surface area contributed by atoms with E-state index in [2.05, 4.69) is 0 Å². The van der Waals surface area contributed by atoms with Gasteiger partial charge in [-0.05, 0) is 26.3 Å². The first kappa shape index (κ1) is 12.0. The predicted molar refractivity (Wildman–Crippen MR) is 60.3 cm³/mol. The highest BCUT2D eigenvalue weighted by Gasteiger charge is 2.18. The second kappa shape index (κ2) is 4.19. The van der Waals surface area contributed by atoms with E-state index in [0.717, 1.165) is 0 Å². The Morgan fingerprint density at radius 2 is 2.06 bits per heavy atom. The number of rotatable bonds is 2. The predicted octanol–water partition coefficient (Wildman–Crippen LogP) is 1.00. The fraction of sp³-hybridized carbons (Fsp3) is 0.364. The topological polar surface area (TPSA) is 88.9 Å². The summed E-state index contributed by atoms with van der Waals surface area (Å²) in [6.45, 7) is 5.08. The molecule has 0 amide bonds. The Bertz CT molecular complexity index is 536. The van der Waals surface area contributed by atoms with Crippen LogP contribution in [0.25, 0.3) is 0 Å². The summed E-state index contributed by atoms with van der Waals surface area (Å²) in [5.41, 5.74) is 5.83. The van der Waals surface area contributed by atoms with E-state index in [1.165, 1.54) is 4.57 Å². The van der Waals surface area contributed by atoms with Crippen molar-refractivity contribution < 1.29 is 4.79 Å². The molecule has 1 aromatic heterocycles. The largest absolute Gasteiger partial charge is 0.384 e. The van der Waals surface area contributed by atoms with Crippen LogP contribution in [0.4, 0.5) is 5.82 Å². The van der Waals surface area contributed by atoms with Crippen molar-refractivity contribution in [3.05, 3.63) is 27.0 Å². The van der Waals surface area contributed by atoms with Gasteiger partial charge in [-0.15, -0.1) is 0 Å². The fourth-order valence-electron chi connectivity index (χ4n) is 1.64. The normalized spacial score (nSPS) is 10.2. The number of carbonyl (C=O) groups is 1. The molecule has 0 aromatic carbocycles. The fourth-order valence-corrected chi connectivity index (χ4v) is 1.64. The molecule has 2 N–H and O–H groups in total. The summed E-state index contributed by atoms with van der Waals surface area (Å²) < 4.78 is 1.26. The van der Waals surface area contributed by atoms with Crippen LogP contribution in [-0.2, 0) is 0 Å². The molecule has 0 radical (unpaired) electrons. The third kappa shape index (κ3) is 1.58. The average molecular weight is 219 g/mol. The zero-order valence-electron chi connectivity index (χ0n) is 9.44. The van der Waals surface area contributed by atoms with Crippen LogP contribution in [0.3, 0.4) is 0 Å². The SMILES string of the molecule is Cc1c(C=O)c(N)n(C(C)C)c(=O)c1C#N. The Morgan fingerprint density at radius 3 is 2.44 bits per heavy atom. The lowest BCUT2D eigenvalue weighted by atomic mass is 10.1. The van der Waals surface area contributed by atoms with Gasteiger partial charge in [-0.25, -0.2) is 0 Å². The lowest BCUT2D eigenvalue weighted by molar-refractivity contribution is 0.112. The van der Waals surface area contributed by atoms with Crippen molar-refractivity contribution in [1.29, 1.82) is 5.26 Å². The van der Waals surface area contributed by atoms with Gasteiger partial charge >= 0.3 is 0 Å². The lowest BCUT2D eigenvalue weighted by Gasteiger charge is -2.17. The van der Waals surface area contributed by atoms with Crippen molar-refractivity contribution in [3.8, 4) is 6.07 Å². The van der Waals surface area contributed by atoms with E-state index in [4.69, 9.17) is 11.0 Å². The summed E-state index contributed by atoms with van der Waals surface area (Å²) in [6.07, 6.45) is 0.573. The third-order valence-corrected chi connectivity index (χ3v) is 2.49. The van der Waals surface area contributed by atoms with Crippen LogP contribution in [0, 0.1) is 18.3 Å². The van der Waals surface area contributed by atoms with Gasteiger partial charge in [0, 0.05) is 6.04 Å². The molecule has 5 heteroatoms. The van der Waals surface area contributed by atoms with Crippen molar-refractivity contribution in [1.82, 2.24) is 4.57 Å².